The number of nitrogens with zero attached hydrogens (tertiary/aromatic N) is 2. The fourth-order valence-corrected chi connectivity index (χ4v) is 1.36. The van der Waals surface area contributed by atoms with Gasteiger partial charge in [0.1, 0.15) is 5.15 Å². The minimum Gasteiger partial charge on any atom is -0.335 e. The Morgan fingerprint density at radius 2 is 2.38 bits per heavy atom. The summed E-state index contributed by atoms with van der Waals surface area (Å²) >= 11 is 5.72. The van der Waals surface area contributed by atoms with Crippen LogP contribution in [-0.4, -0.2) is 10.1 Å². The number of aromatic nitrogens is 2. The molecule has 0 fully saturated rings. The third-order valence-corrected chi connectivity index (χ3v) is 1.93. The van der Waals surface area contributed by atoms with Crippen molar-refractivity contribution in [2.24, 2.45) is 5.84 Å². The lowest BCUT2D eigenvalue weighted by Gasteiger charge is -2.00. The number of hydrogen-bond donors (Lipinski definition) is 2. The Morgan fingerprint density at radius 3 is 3.08 bits per heavy atom. The fourth-order valence-electron chi connectivity index (χ4n) is 1.18. The van der Waals surface area contributed by atoms with E-state index in [9.17, 15) is 0 Å². The van der Waals surface area contributed by atoms with E-state index >= 15 is 0 Å². The van der Waals surface area contributed by atoms with Gasteiger partial charge < -0.3 is 9.95 Å². The van der Waals surface area contributed by atoms with Crippen molar-refractivity contribution in [2.45, 2.75) is 6.92 Å². The van der Waals surface area contributed by atoms with Crippen LogP contribution in [0.2, 0.25) is 5.15 Å². The first-order valence-corrected chi connectivity index (χ1v) is 3.99. The van der Waals surface area contributed by atoms with Crippen molar-refractivity contribution in [3.05, 3.63) is 16.9 Å². The zero-order chi connectivity index (χ0) is 9.42. The normalized spacial score (nSPS) is 10.7. The summed E-state index contributed by atoms with van der Waals surface area (Å²) in [7, 11) is 0. The lowest BCUT2D eigenvalue weighted by molar-refractivity contribution is 0.443. The minimum absolute atomic E-state index is 0.316. The highest BCUT2D eigenvalue weighted by Gasteiger charge is 2.11. The van der Waals surface area contributed by atoms with Crippen molar-refractivity contribution in [3.8, 4) is 0 Å². The number of aryl methyl sites for hydroxylation is 1. The molecule has 0 amide bonds. The van der Waals surface area contributed by atoms with Gasteiger partial charge in [-0.25, -0.2) is 0 Å². The smallest absolute Gasteiger partial charge is 0.261 e. The first-order valence-electron chi connectivity index (χ1n) is 3.61. The molecule has 2 aromatic rings. The van der Waals surface area contributed by atoms with Gasteiger partial charge in [-0.3, -0.25) is 5.84 Å². The van der Waals surface area contributed by atoms with Crippen LogP contribution in [0.3, 0.4) is 0 Å². The summed E-state index contributed by atoms with van der Waals surface area (Å²) < 4.78 is 4.93. The molecule has 0 bridgehead atoms. The number of nitrogens with one attached hydrogen (secondary N) is 1. The van der Waals surface area contributed by atoms with E-state index < -0.39 is 0 Å². The number of fused-ring (bicyclic) bond motifs is 1. The van der Waals surface area contributed by atoms with Gasteiger partial charge in [0.25, 0.3) is 5.71 Å². The van der Waals surface area contributed by atoms with E-state index in [0.717, 1.165) is 11.1 Å². The molecule has 6 heteroatoms. The van der Waals surface area contributed by atoms with Crippen molar-refractivity contribution >= 4 is 28.4 Å². The number of hydrogen-bond acceptors (Lipinski definition) is 5. The Balaban J connectivity index is 2.85. The number of pyridine rings is 1. The van der Waals surface area contributed by atoms with E-state index in [4.69, 9.17) is 22.0 Å². The molecule has 5 nitrogen and oxygen atoms in total. The van der Waals surface area contributed by atoms with Crippen molar-refractivity contribution in [1.29, 1.82) is 0 Å². The number of hydrazine groups is 1. The third-order valence-electron chi connectivity index (χ3n) is 1.74. The van der Waals surface area contributed by atoms with E-state index in [1.165, 1.54) is 0 Å². The molecule has 2 rings (SSSR count). The van der Waals surface area contributed by atoms with Gasteiger partial charge in [-0.2, -0.15) is 4.98 Å². The standard InChI is InChI=1S/C7H7ClN4O/c1-3-6-4(11-9)2-5(8)10-7(6)13-12-3/h2H,9H2,1H3,(H,10,11). The lowest BCUT2D eigenvalue weighted by Crippen LogP contribution is -2.07. The Kier molecular flexibility index (Phi) is 1.82. The first kappa shape index (κ1) is 8.28. The Hall–Kier alpha value is -1.33. The zero-order valence-electron chi connectivity index (χ0n) is 6.84. The minimum atomic E-state index is 0.316. The molecule has 0 saturated carbocycles. The Morgan fingerprint density at radius 1 is 1.62 bits per heavy atom. The summed E-state index contributed by atoms with van der Waals surface area (Å²) in [6.07, 6.45) is 0. The average molecular weight is 199 g/mol. The number of nitrogen functional groups attached to an aromatic ring is 1. The van der Waals surface area contributed by atoms with Crippen LogP contribution >= 0.6 is 11.6 Å². The van der Waals surface area contributed by atoms with Crippen molar-refractivity contribution in [2.75, 3.05) is 5.43 Å². The monoisotopic (exact) mass is 198 g/mol. The van der Waals surface area contributed by atoms with E-state index in [-0.39, 0.29) is 0 Å². The van der Waals surface area contributed by atoms with Gasteiger partial charge in [0.2, 0.25) is 0 Å². The summed E-state index contributed by atoms with van der Waals surface area (Å²) in [4.78, 5) is 3.95. The average Bonchev–Trinajstić information content (AvgIpc) is 2.46. The van der Waals surface area contributed by atoms with Crippen LogP contribution < -0.4 is 11.3 Å². The molecule has 2 aromatic heterocycles. The van der Waals surface area contributed by atoms with Crippen LogP contribution in [0.1, 0.15) is 5.69 Å². The topological polar surface area (TPSA) is 77.0 Å². The second-order valence-electron chi connectivity index (χ2n) is 2.59. The molecule has 0 radical (unpaired) electrons. The highest BCUT2D eigenvalue weighted by atomic mass is 35.5. The van der Waals surface area contributed by atoms with E-state index in [0.29, 0.717) is 16.6 Å². The third kappa shape index (κ3) is 1.22. The van der Waals surface area contributed by atoms with Gasteiger partial charge in [-0.1, -0.05) is 16.8 Å². The molecule has 0 aliphatic rings. The van der Waals surface area contributed by atoms with Crippen LogP contribution in [0.4, 0.5) is 5.69 Å². The summed E-state index contributed by atoms with van der Waals surface area (Å²) in [6.45, 7) is 1.81. The van der Waals surface area contributed by atoms with E-state index in [1.54, 1.807) is 6.07 Å². The van der Waals surface area contributed by atoms with Crippen molar-refractivity contribution < 1.29 is 4.52 Å². The quantitative estimate of drug-likeness (QED) is 0.412. The molecular formula is C7H7ClN4O. The van der Waals surface area contributed by atoms with Crippen molar-refractivity contribution in [1.82, 2.24) is 10.1 Å². The molecule has 0 aliphatic carbocycles. The molecule has 2 heterocycles. The Labute approximate surface area is 78.8 Å². The molecule has 0 unspecified atom stereocenters. The molecular weight excluding hydrogens is 192 g/mol. The van der Waals surface area contributed by atoms with Gasteiger partial charge in [0.15, 0.2) is 0 Å². The van der Waals surface area contributed by atoms with Crippen LogP contribution in [0.25, 0.3) is 11.1 Å². The predicted molar refractivity (Wildman–Crippen MR) is 49.4 cm³/mol. The number of nitrogens with two attached hydrogens (primary N) is 1. The maximum Gasteiger partial charge on any atom is 0.261 e. The van der Waals surface area contributed by atoms with Crippen LogP contribution in [0.15, 0.2) is 10.6 Å². The predicted octanol–water partition coefficient (Wildman–Crippen LogP) is 1.47. The molecule has 3 N–H and O–H groups in total. The molecule has 0 aliphatic heterocycles. The summed E-state index contributed by atoms with van der Waals surface area (Å²) in [5.41, 5.74) is 4.29. The zero-order valence-corrected chi connectivity index (χ0v) is 7.59. The first-order chi connectivity index (χ1) is 6.22. The van der Waals surface area contributed by atoms with Gasteiger partial charge in [-0.15, -0.1) is 0 Å². The van der Waals surface area contributed by atoms with E-state index in [2.05, 4.69) is 15.6 Å². The van der Waals surface area contributed by atoms with Gasteiger partial charge in [0, 0.05) is 6.07 Å². The fraction of sp³-hybridized carbons (Fsp3) is 0.143. The van der Waals surface area contributed by atoms with Crippen LogP contribution in [0.5, 0.6) is 0 Å². The largest absolute Gasteiger partial charge is 0.335 e. The molecule has 0 saturated heterocycles. The summed E-state index contributed by atoms with van der Waals surface area (Å²) in [6, 6.07) is 1.62. The molecule has 0 atom stereocenters. The highest BCUT2D eigenvalue weighted by molar-refractivity contribution is 6.30. The lowest BCUT2D eigenvalue weighted by atomic mass is 10.2. The van der Waals surface area contributed by atoms with E-state index in [1.807, 2.05) is 6.92 Å². The SMILES string of the molecule is Cc1noc2nc(Cl)cc(NN)c12. The van der Waals surface area contributed by atoms with Crippen LogP contribution in [0, 0.1) is 6.92 Å². The molecule has 68 valence electrons. The maximum atomic E-state index is 5.72. The van der Waals surface area contributed by atoms with Gasteiger partial charge in [0.05, 0.1) is 16.8 Å². The molecule has 13 heavy (non-hydrogen) atoms. The Bertz CT molecular complexity index is 453. The number of halogens is 1. The van der Waals surface area contributed by atoms with Gasteiger partial charge >= 0.3 is 0 Å². The second kappa shape index (κ2) is 2.86. The highest BCUT2D eigenvalue weighted by Crippen LogP contribution is 2.26. The second-order valence-corrected chi connectivity index (χ2v) is 2.97. The summed E-state index contributed by atoms with van der Waals surface area (Å²) in [5.74, 6) is 5.31. The number of anilines is 1. The van der Waals surface area contributed by atoms with Crippen molar-refractivity contribution in [3.63, 3.8) is 0 Å². The maximum absolute atomic E-state index is 5.72. The van der Waals surface area contributed by atoms with Crippen LogP contribution in [-0.2, 0) is 0 Å². The summed E-state index contributed by atoms with van der Waals surface area (Å²) in [5, 5.41) is 4.83. The number of rotatable bonds is 1. The van der Waals surface area contributed by atoms with Gasteiger partial charge in [-0.05, 0) is 6.92 Å². The molecule has 0 aromatic carbocycles. The molecule has 0 spiro atoms.